The summed E-state index contributed by atoms with van der Waals surface area (Å²) in [4.78, 5) is 0.0457. The molecule has 3 rings (SSSR count). The molecule has 0 radical (unpaired) electrons. The van der Waals surface area contributed by atoms with E-state index in [-0.39, 0.29) is 24.6 Å². The molecule has 3 aromatic rings. The standard InChI is InChI=1S/C15H14FN3O3S2/c16-12-6-4-11(5-7-12)10-19(8-9-20)24(21,22)14-3-1-2-13-15(14)18-23-17-13/h1-7,20H,8-10H2. The van der Waals surface area contributed by atoms with Crippen molar-refractivity contribution < 1.29 is 17.9 Å². The number of nitrogens with zero attached hydrogens (tertiary/aromatic N) is 3. The Balaban J connectivity index is 2.00. The van der Waals surface area contributed by atoms with Crippen LogP contribution in [0.15, 0.2) is 47.4 Å². The third-order valence-electron chi connectivity index (χ3n) is 3.49. The maximum absolute atomic E-state index is 13.0. The molecule has 0 fully saturated rings. The zero-order chi connectivity index (χ0) is 17.2. The maximum atomic E-state index is 13.0. The SMILES string of the molecule is O=S(=O)(c1cccc2nsnc12)N(CCO)Cc1ccc(F)cc1. The molecule has 0 aliphatic rings. The lowest BCUT2D eigenvalue weighted by Crippen LogP contribution is -2.33. The van der Waals surface area contributed by atoms with E-state index in [1.54, 1.807) is 12.1 Å². The minimum Gasteiger partial charge on any atom is -0.395 e. The molecule has 24 heavy (non-hydrogen) atoms. The Hall–Kier alpha value is -1.94. The minimum absolute atomic E-state index is 0.0249. The number of aliphatic hydroxyl groups excluding tert-OH is 1. The molecular formula is C15H14FN3O3S2. The Morgan fingerprint density at radius 1 is 1.12 bits per heavy atom. The highest BCUT2D eigenvalue weighted by Gasteiger charge is 2.27. The molecule has 0 aliphatic heterocycles. The number of aromatic nitrogens is 2. The maximum Gasteiger partial charge on any atom is 0.245 e. The van der Waals surface area contributed by atoms with Gasteiger partial charge in [0.05, 0.1) is 18.3 Å². The van der Waals surface area contributed by atoms with Crippen molar-refractivity contribution in [3.63, 3.8) is 0 Å². The van der Waals surface area contributed by atoms with Crippen molar-refractivity contribution in [2.75, 3.05) is 13.2 Å². The van der Waals surface area contributed by atoms with Crippen molar-refractivity contribution in [2.24, 2.45) is 0 Å². The molecular weight excluding hydrogens is 353 g/mol. The number of sulfonamides is 1. The highest BCUT2D eigenvalue weighted by atomic mass is 32.2. The zero-order valence-corrected chi connectivity index (χ0v) is 14.1. The second-order valence-electron chi connectivity index (χ2n) is 5.08. The Labute approximate surface area is 142 Å². The van der Waals surface area contributed by atoms with Gasteiger partial charge in [-0.1, -0.05) is 18.2 Å². The number of benzene rings is 2. The molecule has 126 valence electrons. The van der Waals surface area contributed by atoms with Crippen LogP contribution in [0.3, 0.4) is 0 Å². The summed E-state index contributed by atoms with van der Waals surface area (Å²) in [6.07, 6.45) is 0. The van der Waals surface area contributed by atoms with Gasteiger partial charge in [0.25, 0.3) is 0 Å². The minimum atomic E-state index is -3.88. The summed E-state index contributed by atoms with van der Waals surface area (Å²) in [5.74, 6) is -0.395. The molecule has 0 aliphatic carbocycles. The lowest BCUT2D eigenvalue weighted by Gasteiger charge is -2.21. The smallest absolute Gasteiger partial charge is 0.245 e. The predicted molar refractivity (Wildman–Crippen MR) is 88.5 cm³/mol. The van der Waals surface area contributed by atoms with E-state index >= 15 is 0 Å². The van der Waals surface area contributed by atoms with Crippen LogP contribution in [-0.4, -0.2) is 39.7 Å². The first-order valence-corrected chi connectivity index (χ1v) is 9.26. The Kier molecular flexibility index (Phi) is 4.86. The molecule has 0 saturated carbocycles. The lowest BCUT2D eigenvalue weighted by atomic mass is 10.2. The van der Waals surface area contributed by atoms with Gasteiger partial charge in [0.1, 0.15) is 21.7 Å². The first kappa shape index (κ1) is 16.9. The molecule has 0 unspecified atom stereocenters. The third-order valence-corrected chi connectivity index (χ3v) is 5.91. The second-order valence-corrected chi connectivity index (χ2v) is 7.51. The van der Waals surface area contributed by atoms with E-state index in [1.165, 1.54) is 30.3 Å². The van der Waals surface area contributed by atoms with E-state index in [0.29, 0.717) is 16.6 Å². The summed E-state index contributed by atoms with van der Waals surface area (Å²) in [5.41, 5.74) is 1.44. The quantitative estimate of drug-likeness (QED) is 0.721. The van der Waals surface area contributed by atoms with Crippen LogP contribution in [0.25, 0.3) is 11.0 Å². The fourth-order valence-electron chi connectivity index (χ4n) is 2.32. The van der Waals surface area contributed by atoms with Gasteiger partial charge in [-0.25, -0.2) is 12.8 Å². The molecule has 1 aromatic heterocycles. The van der Waals surface area contributed by atoms with E-state index in [4.69, 9.17) is 0 Å². The van der Waals surface area contributed by atoms with Gasteiger partial charge < -0.3 is 5.11 Å². The molecule has 0 saturated heterocycles. The molecule has 0 bridgehead atoms. The van der Waals surface area contributed by atoms with Crippen LogP contribution >= 0.6 is 11.7 Å². The number of hydrogen-bond acceptors (Lipinski definition) is 6. The fourth-order valence-corrected chi connectivity index (χ4v) is 4.49. The Bertz CT molecular complexity index is 942. The molecule has 0 spiro atoms. The first-order valence-electron chi connectivity index (χ1n) is 7.09. The highest BCUT2D eigenvalue weighted by molar-refractivity contribution is 7.89. The lowest BCUT2D eigenvalue weighted by molar-refractivity contribution is 0.251. The van der Waals surface area contributed by atoms with Crippen LogP contribution in [0.1, 0.15) is 5.56 Å². The van der Waals surface area contributed by atoms with Crippen LogP contribution in [0.5, 0.6) is 0 Å². The van der Waals surface area contributed by atoms with Gasteiger partial charge in [-0.05, 0) is 29.8 Å². The van der Waals surface area contributed by atoms with E-state index in [9.17, 15) is 17.9 Å². The molecule has 9 heteroatoms. The van der Waals surface area contributed by atoms with Gasteiger partial charge in [0, 0.05) is 13.1 Å². The summed E-state index contributed by atoms with van der Waals surface area (Å²) in [5, 5.41) is 9.25. The molecule has 0 amide bonds. The molecule has 1 heterocycles. The van der Waals surface area contributed by atoms with Crippen molar-refractivity contribution in [2.45, 2.75) is 11.4 Å². The number of rotatable bonds is 6. The van der Waals surface area contributed by atoms with Gasteiger partial charge >= 0.3 is 0 Å². The largest absolute Gasteiger partial charge is 0.395 e. The molecule has 0 atom stereocenters. The number of aliphatic hydroxyl groups is 1. The first-order chi connectivity index (χ1) is 11.5. The van der Waals surface area contributed by atoms with Crippen LogP contribution in [-0.2, 0) is 16.6 Å². The Morgan fingerprint density at radius 2 is 1.88 bits per heavy atom. The molecule has 6 nitrogen and oxygen atoms in total. The van der Waals surface area contributed by atoms with Crippen LogP contribution in [0, 0.1) is 5.82 Å². The zero-order valence-electron chi connectivity index (χ0n) is 12.5. The monoisotopic (exact) mass is 367 g/mol. The van der Waals surface area contributed by atoms with Crippen LogP contribution in [0.4, 0.5) is 4.39 Å². The molecule has 2 aromatic carbocycles. The molecule has 1 N–H and O–H groups in total. The van der Waals surface area contributed by atoms with Gasteiger partial charge in [-0.3, -0.25) is 0 Å². The number of fused-ring (bicyclic) bond motifs is 1. The van der Waals surface area contributed by atoms with Gasteiger partial charge in [0.15, 0.2) is 0 Å². The summed E-state index contributed by atoms with van der Waals surface area (Å²) in [7, 11) is -3.88. The highest BCUT2D eigenvalue weighted by Crippen LogP contribution is 2.25. The predicted octanol–water partition coefficient (Wildman–Crippen LogP) is 2.01. The summed E-state index contributed by atoms with van der Waals surface area (Å²) in [6, 6.07) is 10.3. The van der Waals surface area contributed by atoms with Crippen molar-refractivity contribution in [3.05, 3.63) is 53.8 Å². The van der Waals surface area contributed by atoms with Crippen molar-refractivity contribution in [1.29, 1.82) is 0 Å². The van der Waals surface area contributed by atoms with E-state index in [1.807, 2.05) is 0 Å². The normalized spacial score (nSPS) is 12.1. The topological polar surface area (TPSA) is 83.4 Å². The van der Waals surface area contributed by atoms with Gasteiger partial charge in [-0.2, -0.15) is 13.1 Å². The summed E-state index contributed by atoms with van der Waals surface area (Å²) < 4.78 is 48.2. The second kappa shape index (κ2) is 6.89. The number of hydrogen-bond donors (Lipinski definition) is 1. The van der Waals surface area contributed by atoms with E-state index in [2.05, 4.69) is 8.75 Å². The van der Waals surface area contributed by atoms with Crippen molar-refractivity contribution in [3.8, 4) is 0 Å². The van der Waals surface area contributed by atoms with Crippen molar-refractivity contribution in [1.82, 2.24) is 13.1 Å². The third kappa shape index (κ3) is 3.29. The Morgan fingerprint density at radius 3 is 2.58 bits per heavy atom. The number of halogens is 1. The van der Waals surface area contributed by atoms with E-state index in [0.717, 1.165) is 16.0 Å². The van der Waals surface area contributed by atoms with Gasteiger partial charge in [-0.15, -0.1) is 0 Å². The average molecular weight is 367 g/mol. The van der Waals surface area contributed by atoms with Gasteiger partial charge in [0.2, 0.25) is 10.0 Å². The fraction of sp³-hybridized carbons (Fsp3) is 0.200. The van der Waals surface area contributed by atoms with Crippen LogP contribution in [0.2, 0.25) is 0 Å². The van der Waals surface area contributed by atoms with Crippen LogP contribution < -0.4 is 0 Å². The summed E-state index contributed by atoms with van der Waals surface area (Å²) in [6.45, 7) is -0.378. The average Bonchev–Trinajstić information content (AvgIpc) is 3.04. The summed E-state index contributed by atoms with van der Waals surface area (Å²) >= 11 is 0.940. The van der Waals surface area contributed by atoms with Crippen molar-refractivity contribution >= 4 is 32.8 Å². The van der Waals surface area contributed by atoms with E-state index < -0.39 is 15.8 Å².